The second-order valence-electron chi connectivity index (χ2n) is 4.32. The molecule has 0 aliphatic heterocycles. The Bertz CT molecular complexity index is 566. The first-order chi connectivity index (χ1) is 9.08. The Morgan fingerprint density at radius 1 is 1.47 bits per heavy atom. The quantitative estimate of drug-likeness (QED) is 0.838. The van der Waals surface area contributed by atoms with E-state index in [1.807, 2.05) is 12.3 Å². The maximum absolute atomic E-state index is 11.8. The van der Waals surface area contributed by atoms with E-state index in [4.69, 9.17) is 5.73 Å². The van der Waals surface area contributed by atoms with Crippen molar-refractivity contribution in [1.82, 2.24) is 9.88 Å². The summed E-state index contributed by atoms with van der Waals surface area (Å²) in [5, 5.41) is 3.23. The zero-order valence-corrected chi connectivity index (χ0v) is 11.7. The van der Waals surface area contributed by atoms with Gasteiger partial charge >= 0.3 is 0 Å². The number of amides is 1. The normalized spacial score (nSPS) is 10.2. The van der Waals surface area contributed by atoms with E-state index in [1.54, 1.807) is 43.1 Å². The van der Waals surface area contributed by atoms with Crippen molar-refractivity contribution in [2.45, 2.75) is 6.54 Å². The van der Waals surface area contributed by atoms with E-state index >= 15 is 0 Å². The number of nitrogens with two attached hydrogens (primary N) is 1. The minimum atomic E-state index is -0.0549. The van der Waals surface area contributed by atoms with Crippen LogP contribution in [-0.2, 0) is 6.54 Å². The third-order valence-electron chi connectivity index (χ3n) is 2.64. The molecule has 5 nitrogen and oxygen atoms in total. The molecule has 1 amide bonds. The van der Waals surface area contributed by atoms with E-state index in [1.165, 1.54) is 4.90 Å². The van der Waals surface area contributed by atoms with Crippen LogP contribution in [0.2, 0.25) is 0 Å². The third kappa shape index (κ3) is 3.23. The minimum absolute atomic E-state index is 0.0549. The average Bonchev–Trinajstić information content (AvgIpc) is 2.89. The largest absolute Gasteiger partial charge is 0.397 e. The first-order valence-electron chi connectivity index (χ1n) is 5.80. The van der Waals surface area contributed by atoms with Crippen LogP contribution in [0.15, 0.2) is 29.9 Å². The van der Waals surface area contributed by atoms with Crippen molar-refractivity contribution in [3.63, 3.8) is 0 Å². The number of carbonyl (C=O) groups excluding carboxylic acids is 1. The molecule has 0 saturated carbocycles. The van der Waals surface area contributed by atoms with E-state index in [0.717, 1.165) is 10.6 Å². The van der Waals surface area contributed by atoms with Crippen molar-refractivity contribution >= 4 is 28.6 Å². The SMILES string of the molecule is CN(C)C(=O)c1ccc(NCc2cncs2)c(N)c1. The molecule has 0 unspecified atom stereocenters. The highest BCUT2D eigenvalue weighted by Crippen LogP contribution is 2.21. The van der Waals surface area contributed by atoms with Crippen LogP contribution >= 0.6 is 11.3 Å². The van der Waals surface area contributed by atoms with E-state index in [9.17, 15) is 4.79 Å². The molecule has 2 aromatic rings. The lowest BCUT2D eigenvalue weighted by Gasteiger charge is -2.13. The lowest BCUT2D eigenvalue weighted by molar-refractivity contribution is 0.0827. The topological polar surface area (TPSA) is 71.2 Å². The molecule has 2 rings (SSSR count). The highest BCUT2D eigenvalue weighted by Gasteiger charge is 2.09. The molecule has 3 N–H and O–H groups in total. The average molecular weight is 276 g/mol. The Hall–Kier alpha value is -2.08. The second kappa shape index (κ2) is 5.71. The smallest absolute Gasteiger partial charge is 0.253 e. The number of hydrogen-bond donors (Lipinski definition) is 2. The predicted octanol–water partition coefficient (Wildman–Crippen LogP) is 2.04. The van der Waals surface area contributed by atoms with Crippen molar-refractivity contribution < 1.29 is 4.79 Å². The van der Waals surface area contributed by atoms with Crippen molar-refractivity contribution in [2.75, 3.05) is 25.1 Å². The molecule has 6 heteroatoms. The molecule has 0 radical (unpaired) electrons. The number of benzene rings is 1. The van der Waals surface area contributed by atoms with Crippen molar-refractivity contribution in [2.24, 2.45) is 0 Å². The lowest BCUT2D eigenvalue weighted by atomic mass is 10.1. The van der Waals surface area contributed by atoms with Crippen LogP contribution in [0.5, 0.6) is 0 Å². The summed E-state index contributed by atoms with van der Waals surface area (Å²) < 4.78 is 0. The van der Waals surface area contributed by atoms with Crippen LogP contribution in [-0.4, -0.2) is 29.9 Å². The Morgan fingerprint density at radius 3 is 2.84 bits per heavy atom. The van der Waals surface area contributed by atoms with Gasteiger partial charge in [-0.1, -0.05) is 0 Å². The molecule has 1 aromatic carbocycles. The molecule has 0 fully saturated rings. The van der Waals surface area contributed by atoms with Gasteiger partial charge in [0, 0.05) is 30.7 Å². The fourth-order valence-corrected chi connectivity index (χ4v) is 2.16. The summed E-state index contributed by atoms with van der Waals surface area (Å²) >= 11 is 1.58. The van der Waals surface area contributed by atoms with E-state index < -0.39 is 0 Å². The standard InChI is InChI=1S/C13H16N4OS/c1-17(2)13(18)9-3-4-12(11(14)5-9)16-7-10-6-15-8-19-10/h3-6,8,16H,7,14H2,1-2H3. The maximum atomic E-state index is 11.8. The molecule has 0 aliphatic rings. The van der Waals surface area contributed by atoms with Gasteiger partial charge in [-0.15, -0.1) is 11.3 Å². The summed E-state index contributed by atoms with van der Waals surface area (Å²) in [5.74, 6) is -0.0549. The molecular weight excluding hydrogens is 260 g/mol. The van der Waals surface area contributed by atoms with Gasteiger partial charge in [0.25, 0.3) is 5.91 Å². The van der Waals surface area contributed by atoms with E-state index in [0.29, 0.717) is 17.8 Å². The molecule has 19 heavy (non-hydrogen) atoms. The molecule has 0 spiro atoms. The molecule has 1 heterocycles. The first kappa shape index (κ1) is 13.4. The Morgan fingerprint density at radius 2 is 2.26 bits per heavy atom. The van der Waals surface area contributed by atoms with Gasteiger partial charge in [-0.05, 0) is 18.2 Å². The van der Waals surface area contributed by atoms with Crippen LogP contribution in [0.4, 0.5) is 11.4 Å². The fourth-order valence-electron chi connectivity index (χ4n) is 1.63. The summed E-state index contributed by atoms with van der Waals surface area (Å²) in [6.45, 7) is 0.676. The number of aromatic nitrogens is 1. The van der Waals surface area contributed by atoms with Gasteiger partial charge in [-0.25, -0.2) is 0 Å². The summed E-state index contributed by atoms with van der Waals surface area (Å²) in [5.41, 5.74) is 9.72. The molecule has 0 bridgehead atoms. The van der Waals surface area contributed by atoms with Crippen molar-refractivity contribution in [1.29, 1.82) is 0 Å². The zero-order valence-electron chi connectivity index (χ0n) is 10.9. The Labute approximate surface area is 116 Å². The summed E-state index contributed by atoms with van der Waals surface area (Å²) in [6.07, 6.45) is 1.82. The molecule has 1 aromatic heterocycles. The van der Waals surface area contributed by atoms with E-state index in [-0.39, 0.29) is 5.91 Å². The van der Waals surface area contributed by atoms with Crippen LogP contribution in [0.3, 0.4) is 0 Å². The van der Waals surface area contributed by atoms with Crippen LogP contribution in [0.25, 0.3) is 0 Å². The van der Waals surface area contributed by atoms with Gasteiger partial charge in [0.05, 0.1) is 23.4 Å². The molecule has 0 saturated heterocycles. The maximum Gasteiger partial charge on any atom is 0.253 e. The third-order valence-corrected chi connectivity index (χ3v) is 3.42. The number of rotatable bonds is 4. The van der Waals surface area contributed by atoms with Crippen LogP contribution in [0.1, 0.15) is 15.2 Å². The van der Waals surface area contributed by atoms with Crippen molar-refractivity contribution in [3.05, 3.63) is 40.3 Å². The van der Waals surface area contributed by atoms with Crippen molar-refractivity contribution in [3.8, 4) is 0 Å². The number of carbonyl (C=O) groups is 1. The number of thiazole rings is 1. The summed E-state index contributed by atoms with van der Waals surface area (Å²) in [4.78, 5) is 18.5. The number of nitrogens with one attached hydrogen (secondary N) is 1. The van der Waals surface area contributed by atoms with Crippen LogP contribution in [0, 0.1) is 0 Å². The molecule has 100 valence electrons. The predicted molar refractivity (Wildman–Crippen MR) is 78.3 cm³/mol. The highest BCUT2D eigenvalue weighted by atomic mass is 32.1. The minimum Gasteiger partial charge on any atom is -0.397 e. The summed E-state index contributed by atoms with van der Waals surface area (Å²) in [7, 11) is 3.43. The lowest BCUT2D eigenvalue weighted by Crippen LogP contribution is -2.21. The van der Waals surface area contributed by atoms with Crippen LogP contribution < -0.4 is 11.1 Å². The van der Waals surface area contributed by atoms with Gasteiger partial charge in [0.1, 0.15) is 0 Å². The van der Waals surface area contributed by atoms with Gasteiger partial charge in [-0.2, -0.15) is 0 Å². The number of nitrogen functional groups attached to an aromatic ring is 1. The Kier molecular flexibility index (Phi) is 4.01. The number of hydrogen-bond acceptors (Lipinski definition) is 5. The van der Waals surface area contributed by atoms with Gasteiger partial charge < -0.3 is 16.0 Å². The molecule has 0 aliphatic carbocycles. The first-order valence-corrected chi connectivity index (χ1v) is 6.68. The molecule has 0 atom stereocenters. The highest BCUT2D eigenvalue weighted by molar-refractivity contribution is 7.09. The molecular formula is C13H16N4OS. The van der Waals surface area contributed by atoms with Gasteiger partial charge in [-0.3, -0.25) is 9.78 Å². The number of nitrogens with zero attached hydrogens (tertiary/aromatic N) is 2. The fraction of sp³-hybridized carbons (Fsp3) is 0.231. The van der Waals surface area contributed by atoms with E-state index in [2.05, 4.69) is 10.3 Å². The zero-order chi connectivity index (χ0) is 13.8. The number of anilines is 2. The Balaban J connectivity index is 2.09. The van der Waals surface area contributed by atoms with Gasteiger partial charge in [0.2, 0.25) is 0 Å². The monoisotopic (exact) mass is 276 g/mol. The summed E-state index contributed by atoms with van der Waals surface area (Å²) in [6, 6.07) is 5.29. The van der Waals surface area contributed by atoms with Gasteiger partial charge in [0.15, 0.2) is 0 Å². The second-order valence-corrected chi connectivity index (χ2v) is 5.29.